The summed E-state index contributed by atoms with van der Waals surface area (Å²) in [6, 6.07) is 33.9. The maximum atomic E-state index is 13.9. The monoisotopic (exact) mass is 555 g/mol. The molecule has 4 aromatic rings. The van der Waals surface area contributed by atoms with Gasteiger partial charge in [0.1, 0.15) is 0 Å². The number of allylic oxidation sites excluding steroid dienone is 2. The summed E-state index contributed by atoms with van der Waals surface area (Å²) in [6.45, 7) is 12.6. The van der Waals surface area contributed by atoms with Gasteiger partial charge < -0.3 is 15.0 Å². The molecule has 1 heterocycles. The summed E-state index contributed by atoms with van der Waals surface area (Å²) in [4.78, 5) is 20.6. The van der Waals surface area contributed by atoms with Crippen LogP contribution in [0.5, 0.6) is 0 Å². The number of nitrogens with zero attached hydrogens (tertiary/aromatic N) is 2. The number of para-hydroxylation sites is 1. The third-order valence-electron chi connectivity index (χ3n) is 7.18. The molecule has 1 aliphatic heterocycles. The zero-order valence-corrected chi connectivity index (χ0v) is 24.7. The smallest absolute Gasteiger partial charge is 0.258 e. The van der Waals surface area contributed by atoms with Crippen molar-refractivity contribution in [3.63, 3.8) is 0 Å². The van der Waals surface area contributed by atoms with Gasteiger partial charge in [0.15, 0.2) is 0 Å². The van der Waals surface area contributed by atoms with Crippen molar-refractivity contribution in [1.29, 1.82) is 0 Å². The number of anilines is 1. The Morgan fingerprint density at radius 1 is 0.881 bits per heavy atom. The number of benzene rings is 4. The van der Waals surface area contributed by atoms with E-state index in [4.69, 9.17) is 9.73 Å². The van der Waals surface area contributed by atoms with E-state index in [1.807, 2.05) is 105 Å². The van der Waals surface area contributed by atoms with Gasteiger partial charge in [-0.15, -0.1) is 0 Å². The predicted octanol–water partition coefficient (Wildman–Crippen LogP) is 8.76. The Morgan fingerprint density at radius 3 is 2.21 bits per heavy atom. The Bertz CT molecular complexity index is 1650. The van der Waals surface area contributed by atoms with E-state index in [2.05, 4.69) is 43.1 Å². The first kappa shape index (κ1) is 28.6. The number of ether oxygens (including phenoxy) is 1. The Labute approximate surface area is 248 Å². The van der Waals surface area contributed by atoms with Gasteiger partial charge in [-0.1, -0.05) is 73.3 Å². The Morgan fingerprint density at radius 2 is 1.52 bits per heavy atom. The Kier molecular flexibility index (Phi) is 8.68. The molecular weight excluding hydrogens is 518 g/mol. The molecule has 1 N–H and O–H groups in total. The van der Waals surface area contributed by atoms with Crippen LogP contribution in [0.25, 0.3) is 16.7 Å². The third kappa shape index (κ3) is 6.36. The van der Waals surface area contributed by atoms with Crippen molar-refractivity contribution in [3.05, 3.63) is 138 Å². The van der Waals surface area contributed by atoms with E-state index in [1.165, 1.54) is 0 Å². The predicted molar refractivity (Wildman–Crippen MR) is 174 cm³/mol. The standard InChI is InChI=1S/C37H37N3O2/c1-25(2)38-34-23-24-40(35-18-12-11-15-31(35)27(34)5)37(41)29-19-21-30(22-20-29)39-36(42-26(3)4)33-17-10-9-16-32(33)28-13-7-6-8-14-28/h6-22,26,38H,1,23-24H2,2-5H3. The fourth-order valence-electron chi connectivity index (χ4n) is 5.21. The van der Waals surface area contributed by atoms with Crippen LogP contribution in [0, 0.1) is 0 Å². The lowest BCUT2D eigenvalue weighted by Crippen LogP contribution is -2.32. The quantitative estimate of drug-likeness (QED) is 0.183. The zero-order valence-electron chi connectivity index (χ0n) is 24.7. The minimum Gasteiger partial charge on any atom is -0.474 e. The van der Waals surface area contributed by atoms with Crippen LogP contribution < -0.4 is 10.2 Å². The lowest BCUT2D eigenvalue weighted by molar-refractivity contribution is 0.0987. The molecule has 1 aliphatic rings. The second-order valence-corrected chi connectivity index (χ2v) is 10.8. The highest BCUT2D eigenvalue weighted by Crippen LogP contribution is 2.34. The maximum absolute atomic E-state index is 13.9. The van der Waals surface area contributed by atoms with E-state index in [9.17, 15) is 4.79 Å². The van der Waals surface area contributed by atoms with Crippen LogP contribution in [0.1, 0.15) is 55.6 Å². The molecule has 0 spiro atoms. The molecule has 1 amide bonds. The minimum atomic E-state index is -0.0575. The summed E-state index contributed by atoms with van der Waals surface area (Å²) < 4.78 is 6.23. The molecule has 0 unspecified atom stereocenters. The summed E-state index contributed by atoms with van der Waals surface area (Å²) in [5.74, 6) is 0.500. The second-order valence-electron chi connectivity index (χ2n) is 10.8. The van der Waals surface area contributed by atoms with Gasteiger partial charge in [0.2, 0.25) is 5.90 Å². The van der Waals surface area contributed by atoms with Gasteiger partial charge in [-0.05, 0) is 80.8 Å². The molecule has 5 nitrogen and oxygen atoms in total. The van der Waals surface area contributed by atoms with Gasteiger partial charge in [-0.3, -0.25) is 4.79 Å². The van der Waals surface area contributed by atoms with Gasteiger partial charge in [0, 0.05) is 41.1 Å². The molecule has 0 bridgehead atoms. The number of carbonyl (C=O) groups excluding carboxylic acids is 1. The first-order valence-electron chi connectivity index (χ1n) is 14.4. The number of carbonyl (C=O) groups is 1. The summed E-state index contributed by atoms with van der Waals surface area (Å²) in [7, 11) is 0. The molecule has 0 saturated heterocycles. The Hall–Kier alpha value is -4.90. The molecule has 0 saturated carbocycles. The van der Waals surface area contributed by atoms with Crippen molar-refractivity contribution in [3.8, 4) is 11.1 Å². The van der Waals surface area contributed by atoms with E-state index in [-0.39, 0.29) is 12.0 Å². The van der Waals surface area contributed by atoms with Gasteiger partial charge in [-0.25, -0.2) is 4.99 Å². The number of amides is 1. The molecular formula is C37H37N3O2. The second kappa shape index (κ2) is 12.7. The van der Waals surface area contributed by atoms with Crippen LogP contribution in [0.2, 0.25) is 0 Å². The summed E-state index contributed by atoms with van der Waals surface area (Å²) in [5.41, 5.74) is 9.43. The van der Waals surface area contributed by atoms with Crippen LogP contribution in [0.3, 0.4) is 0 Å². The third-order valence-corrected chi connectivity index (χ3v) is 7.18. The van der Waals surface area contributed by atoms with Gasteiger partial charge in [0.05, 0.1) is 17.5 Å². The summed E-state index contributed by atoms with van der Waals surface area (Å²) in [6.07, 6.45) is 0.649. The van der Waals surface area contributed by atoms with Gasteiger partial charge in [-0.2, -0.15) is 0 Å². The van der Waals surface area contributed by atoms with Crippen molar-refractivity contribution in [2.24, 2.45) is 4.99 Å². The summed E-state index contributed by atoms with van der Waals surface area (Å²) in [5, 5.41) is 3.40. The topological polar surface area (TPSA) is 53.9 Å². The number of rotatable bonds is 7. The zero-order chi connectivity index (χ0) is 29.6. The molecule has 4 aromatic carbocycles. The molecule has 0 atom stereocenters. The van der Waals surface area contributed by atoms with E-state index in [0.717, 1.165) is 44.9 Å². The van der Waals surface area contributed by atoms with Crippen molar-refractivity contribution < 1.29 is 9.53 Å². The molecule has 0 fully saturated rings. The number of fused-ring (bicyclic) bond motifs is 1. The molecule has 5 rings (SSSR count). The number of aliphatic imine (C=N–C) groups is 1. The van der Waals surface area contributed by atoms with Crippen molar-refractivity contribution >= 4 is 28.8 Å². The fraction of sp³-hybridized carbons (Fsp3) is 0.189. The molecule has 5 heteroatoms. The minimum absolute atomic E-state index is 0.0459. The van der Waals surface area contributed by atoms with Crippen LogP contribution >= 0.6 is 0 Å². The van der Waals surface area contributed by atoms with Crippen LogP contribution in [-0.2, 0) is 4.74 Å². The summed E-state index contributed by atoms with van der Waals surface area (Å²) >= 11 is 0. The Balaban J connectivity index is 1.45. The number of hydrogen-bond acceptors (Lipinski definition) is 4. The van der Waals surface area contributed by atoms with E-state index in [1.54, 1.807) is 0 Å². The normalized spacial score (nSPS) is 13.5. The molecule has 0 aliphatic carbocycles. The lowest BCUT2D eigenvalue weighted by Gasteiger charge is -2.23. The molecule has 0 aromatic heterocycles. The molecule has 0 radical (unpaired) electrons. The first-order valence-corrected chi connectivity index (χ1v) is 14.4. The molecule has 212 valence electrons. The maximum Gasteiger partial charge on any atom is 0.258 e. The highest BCUT2D eigenvalue weighted by atomic mass is 16.5. The average Bonchev–Trinajstić information content (AvgIpc) is 3.13. The highest BCUT2D eigenvalue weighted by molar-refractivity contribution is 6.08. The van der Waals surface area contributed by atoms with Crippen molar-refractivity contribution in [1.82, 2.24) is 5.32 Å². The van der Waals surface area contributed by atoms with Crippen molar-refractivity contribution in [2.45, 2.75) is 40.2 Å². The van der Waals surface area contributed by atoms with Crippen molar-refractivity contribution in [2.75, 3.05) is 11.4 Å². The largest absolute Gasteiger partial charge is 0.474 e. The van der Waals surface area contributed by atoms with Crippen LogP contribution in [-0.4, -0.2) is 24.5 Å². The van der Waals surface area contributed by atoms with E-state index in [0.29, 0.717) is 30.1 Å². The average molecular weight is 556 g/mol. The van der Waals surface area contributed by atoms with E-state index < -0.39 is 0 Å². The lowest BCUT2D eigenvalue weighted by atomic mass is 9.99. The number of hydrogen-bond donors (Lipinski definition) is 1. The SMILES string of the molecule is C=C(C)NC1=C(C)c2ccccc2N(C(=O)c2ccc(N=C(OC(C)C)c3ccccc3-c3ccccc3)cc2)CC1. The van der Waals surface area contributed by atoms with E-state index >= 15 is 0 Å². The fourth-order valence-corrected chi connectivity index (χ4v) is 5.21. The van der Waals surface area contributed by atoms with Gasteiger partial charge in [0.25, 0.3) is 5.91 Å². The van der Waals surface area contributed by atoms with Crippen LogP contribution in [0.4, 0.5) is 11.4 Å². The first-order chi connectivity index (χ1) is 20.3. The highest BCUT2D eigenvalue weighted by Gasteiger charge is 2.25. The van der Waals surface area contributed by atoms with Crippen LogP contribution in [0.15, 0.2) is 126 Å². The van der Waals surface area contributed by atoms with Gasteiger partial charge >= 0.3 is 0 Å². The number of nitrogens with one attached hydrogen (secondary N) is 1. The molecule has 42 heavy (non-hydrogen) atoms.